The largest absolute Gasteiger partial charge is 0.394 e. The van der Waals surface area contributed by atoms with Crippen molar-refractivity contribution in [3.05, 3.63) is 126 Å². The van der Waals surface area contributed by atoms with Crippen molar-refractivity contribution in [3.8, 4) is 0 Å². The van der Waals surface area contributed by atoms with Crippen molar-refractivity contribution in [3.63, 3.8) is 0 Å². The van der Waals surface area contributed by atoms with E-state index in [1.165, 1.54) is 0 Å². The van der Waals surface area contributed by atoms with Gasteiger partial charge in [0.15, 0.2) is 0 Å². The first-order valence-electron chi connectivity index (χ1n) is 16.8. The minimum Gasteiger partial charge on any atom is -0.394 e. The molecule has 3 amide bonds. The number of benzene rings is 3. The molecule has 3 aromatic rings. The zero-order chi connectivity index (χ0) is 34.0. The van der Waals surface area contributed by atoms with Crippen LogP contribution in [0.3, 0.4) is 0 Å². The van der Waals surface area contributed by atoms with Crippen LogP contribution >= 0.6 is 11.8 Å². The van der Waals surface area contributed by atoms with E-state index in [-0.39, 0.29) is 36.1 Å². The summed E-state index contributed by atoms with van der Waals surface area (Å²) in [5.41, 5.74) is 4.68. The van der Waals surface area contributed by atoms with Gasteiger partial charge < -0.3 is 19.8 Å². The van der Waals surface area contributed by atoms with Crippen molar-refractivity contribution < 1.29 is 19.5 Å². The first-order chi connectivity index (χ1) is 23.2. The summed E-state index contributed by atoms with van der Waals surface area (Å²) in [5, 5.41) is 10.8. The summed E-state index contributed by atoms with van der Waals surface area (Å²) in [4.78, 5) is 50.1. The Hall–Kier alpha value is -4.14. The average Bonchev–Trinajstić information content (AvgIpc) is 3.74. The summed E-state index contributed by atoms with van der Waals surface area (Å²) in [6, 6.07) is 24.1. The number of rotatable bonds is 13. The molecular weight excluding hydrogens is 619 g/mol. The molecule has 0 aliphatic carbocycles. The lowest BCUT2D eigenvalue weighted by molar-refractivity contribution is -0.145. The first kappa shape index (κ1) is 33.7. The van der Waals surface area contributed by atoms with Gasteiger partial charge in [-0.25, -0.2) is 0 Å². The third-order valence-corrected chi connectivity index (χ3v) is 12.3. The molecule has 3 saturated heterocycles. The Bertz CT molecular complexity index is 1660. The van der Waals surface area contributed by atoms with Gasteiger partial charge in [0.2, 0.25) is 11.8 Å². The number of carbonyl (C=O) groups excluding carboxylic acids is 3. The Morgan fingerprint density at radius 3 is 2.17 bits per heavy atom. The second-order valence-corrected chi connectivity index (χ2v) is 14.9. The minimum absolute atomic E-state index is 0.0782. The number of nitrogens with zero attached hydrogens (tertiary/aromatic N) is 3. The van der Waals surface area contributed by atoms with Crippen molar-refractivity contribution in [1.82, 2.24) is 9.80 Å². The van der Waals surface area contributed by atoms with Gasteiger partial charge in [-0.15, -0.1) is 24.9 Å². The number of aliphatic hydroxyl groups excluding tert-OH is 1. The standard InChI is InChI=1S/C40H45N3O4S/c1-5-22-41(25-30-18-11-8-12-19-30)37(45)33-32-20-21-40(48-32)34(33)38(46)43(31(26-44)24-29-16-9-7-10-17-29)36(40)39(47)42(23-6-2)35-27(3)14-13-15-28(35)4/h5-19,31-34,36,44H,1-2,20-26H2,3-4H3/t31-,32+,33-,34+,36?,40?/m1/s1. The molecule has 7 nitrogen and oxygen atoms in total. The number of para-hydroxylation sites is 1. The first-order valence-corrected chi connectivity index (χ1v) is 17.7. The summed E-state index contributed by atoms with van der Waals surface area (Å²) in [6.07, 6.45) is 5.22. The molecule has 6 atom stereocenters. The summed E-state index contributed by atoms with van der Waals surface area (Å²) in [6.45, 7) is 12.6. The van der Waals surface area contributed by atoms with Gasteiger partial charge in [-0.3, -0.25) is 14.4 Å². The fourth-order valence-corrected chi connectivity index (χ4v) is 10.6. The van der Waals surface area contributed by atoms with E-state index in [2.05, 4.69) is 13.2 Å². The SMILES string of the molecule is C=CCN(Cc1ccccc1)C(=O)[C@@H]1[C@@H]2CCC3(S2)C(C(=O)N(CC=C)c2c(C)cccc2C)N([C@@H](CO)Cc2ccccc2)C(=O)[C@H]13. The molecule has 250 valence electrons. The predicted octanol–water partition coefficient (Wildman–Crippen LogP) is 5.73. The third kappa shape index (κ3) is 5.90. The number of aryl methyl sites for hydroxylation is 2. The van der Waals surface area contributed by atoms with Crippen molar-refractivity contribution in [2.24, 2.45) is 11.8 Å². The second kappa shape index (κ2) is 14.1. The molecule has 1 N–H and O–H groups in total. The number of fused-ring (bicyclic) bond motifs is 1. The number of likely N-dealkylation sites (tertiary alicyclic amines) is 1. The van der Waals surface area contributed by atoms with E-state index in [1.807, 2.05) is 92.7 Å². The van der Waals surface area contributed by atoms with E-state index in [4.69, 9.17) is 0 Å². The molecule has 3 heterocycles. The van der Waals surface area contributed by atoms with Crippen LogP contribution < -0.4 is 4.90 Å². The minimum atomic E-state index is -0.857. The normalized spacial score (nSPS) is 24.6. The van der Waals surface area contributed by atoms with Crippen LogP contribution in [0.1, 0.15) is 35.1 Å². The number of carbonyl (C=O) groups is 3. The fourth-order valence-electron chi connectivity index (χ4n) is 8.38. The van der Waals surface area contributed by atoms with Gasteiger partial charge in [0.25, 0.3) is 5.91 Å². The number of amides is 3. The highest BCUT2D eigenvalue weighted by molar-refractivity contribution is 8.02. The van der Waals surface area contributed by atoms with E-state index in [1.54, 1.807) is 38.6 Å². The molecule has 6 rings (SSSR count). The summed E-state index contributed by atoms with van der Waals surface area (Å²) >= 11 is 1.65. The maximum atomic E-state index is 15.2. The summed E-state index contributed by atoms with van der Waals surface area (Å²) in [5.74, 6) is -1.74. The maximum Gasteiger partial charge on any atom is 0.251 e. The molecule has 3 fully saturated rings. The van der Waals surface area contributed by atoms with E-state index >= 15 is 9.59 Å². The number of thioether (sulfide) groups is 1. The van der Waals surface area contributed by atoms with Gasteiger partial charge in [-0.05, 0) is 55.4 Å². The van der Waals surface area contributed by atoms with E-state index in [0.29, 0.717) is 25.9 Å². The fraction of sp³-hybridized carbons (Fsp3) is 0.375. The highest BCUT2D eigenvalue weighted by Gasteiger charge is 2.74. The highest BCUT2D eigenvalue weighted by Crippen LogP contribution is 2.67. The lowest BCUT2D eigenvalue weighted by Gasteiger charge is -2.40. The summed E-state index contributed by atoms with van der Waals surface area (Å²) < 4.78 is -0.800. The summed E-state index contributed by atoms with van der Waals surface area (Å²) in [7, 11) is 0. The second-order valence-electron chi connectivity index (χ2n) is 13.3. The zero-order valence-electron chi connectivity index (χ0n) is 27.8. The Morgan fingerprint density at radius 1 is 0.938 bits per heavy atom. The van der Waals surface area contributed by atoms with Crippen molar-refractivity contribution in [2.75, 3.05) is 24.6 Å². The molecule has 2 bridgehead atoms. The lowest BCUT2D eigenvalue weighted by atomic mass is 9.70. The van der Waals surface area contributed by atoms with Crippen LogP contribution in [0.25, 0.3) is 0 Å². The van der Waals surface area contributed by atoms with Gasteiger partial charge in [-0.1, -0.05) is 91.0 Å². The van der Waals surface area contributed by atoms with E-state index in [0.717, 1.165) is 34.4 Å². The Balaban J connectivity index is 1.44. The van der Waals surface area contributed by atoms with Gasteiger partial charge in [0, 0.05) is 30.6 Å². The van der Waals surface area contributed by atoms with Gasteiger partial charge >= 0.3 is 0 Å². The predicted molar refractivity (Wildman–Crippen MR) is 192 cm³/mol. The van der Waals surface area contributed by atoms with Gasteiger partial charge in [0.1, 0.15) is 6.04 Å². The van der Waals surface area contributed by atoms with Crippen molar-refractivity contribution >= 4 is 35.2 Å². The van der Waals surface area contributed by atoms with Crippen LogP contribution in [-0.2, 0) is 27.3 Å². The Morgan fingerprint density at radius 2 is 1.56 bits per heavy atom. The van der Waals surface area contributed by atoms with E-state index in [9.17, 15) is 9.90 Å². The van der Waals surface area contributed by atoms with Crippen LogP contribution in [0.15, 0.2) is 104 Å². The zero-order valence-corrected chi connectivity index (χ0v) is 28.6. The third-order valence-electron chi connectivity index (χ3n) is 10.3. The molecule has 0 aromatic heterocycles. The Kier molecular flexibility index (Phi) is 9.95. The molecule has 0 radical (unpaired) electrons. The molecule has 2 unspecified atom stereocenters. The lowest BCUT2D eigenvalue weighted by Crippen LogP contribution is -2.58. The molecule has 0 saturated carbocycles. The van der Waals surface area contributed by atoms with Crippen LogP contribution in [0, 0.1) is 25.7 Å². The molecule has 3 aliphatic heterocycles. The number of hydrogen-bond donors (Lipinski definition) is 1. The van der Waals surface area contributed by atoms with Crippen molar-refractivity contribution in [2.45, 2.75) is 61.7 Å². The Labute approximate surface area is 288 Å². The van der Waals surface area contributed by atoms with Crippen LogP contribution in [0.2, 0.25) is 0 Å². The van der Waals surface area contributed by atoms with Crippen LogP contribution in [-0.4, -0.2) is 74.4 Å². The maximum absolute atomic E-state index is 15.2. The monoisotopic (exact) mass is 663 g/mol. The molecule has 3 aromatic carbocycles. The molecular formula is C40H45N3O4S. The van der Waals surface area contributed by atoms with Gasteiger partial charge in [-0.2, -0.15) is 0 Å². The average molecular weight is 664 g/mol. The van der Waals surface area contributed by atoms with Crippen LogP contribution in [0.5, 0.6) is 0 Å². The topological polar surface area (TPSA) is 81.2 Å². The molecule has 3 aliphatic rings. The number of hydrogen-bond acceptors (Lipinski definition) is 5. The van der Waals surface area contributed by atoms with E-state index < -0.39 is 28.7 Å². The molecule has 1 spiro atoms. The van der Waals surface area contributed by atoms with Crippen molar-refractivity contribution in [1.29, 1.82) is 0 Å². The smallest absolute Gasteiger partial charge is 0.251 e. The quantitative estimate of drug-likeness (QED) is 0.236. The molecule has 48 heavy (non-hydrogen) atoms. The number of aliphatic hydroxyl groups is 1. The van der Waals surface area contributed by atoms with Gasteiger partial charge in [0.05, 0.1) is 29.2 Å². The highest BCUT2D eigenvalue weighted by atomic mass is 32.2. The number of anilines is 1. The van der Waals surface area contributed by atoms with Crippen LogP contribution in [0.4, 0.5) is 5.69 Å². The molecule has 8 heteroatoms.